The Bertz CT molecular complexity index is 400. The molecule has 0 heterocycles. The lowest BCUT2D eigenvalue weighted by atomic mass is 10.1. The molecule has 3 N–H and O–H groups in total. The summed E-state index contributed by atoms with van der Waals surface area (Å²) >= 11 is 0. The number of ether oxygens (including phenoxy) is 1. The van der Waals surface area contributed by atoms with Crippen LogP contribution in [0.4, 0.5) is 0 Å². The molecule has 0 atom stereocenters. The second-order valence-electron chi connectivity index (χ2n) is 4.10. The summed E-state index contributed by atoms with van der Waals surface area (Å²) in [7, 11) is 1.66. The first-order valence-electron chi connectivity index (χ1n) is 6.55. The maximum atomic E-state index is 9.38. The van der Waals surface area contributed by atoms with Gasteiger partial charge in [0.1, 0.15) is 5.75 Å². The van der Waals surface area contributed by atoms with Crippen LogP contribution in [0.5, 0.6) is 5.75 Å². The molecule has 1 aromatic rings. The van der Waals surface area contributed by atoms with Gasteiger partial charge in [-0.3, -0.25) is 4.99 Å². The molecule has 1 aromatic carbocycles. The monoisotopic (exact) mass is 393 g/mol. The minimum Gasteiger partial charge on any atom is -0.508 e. The molecule has 0 fully saturated rings. The maximum absolute atomic E-state index is 9.38. The number of nitrogens with one attached hydrogen (secondary N) is 2. The predicted octanol–water partition coefficient (Wildman–Crippen LogP) is 1.75. The number of phenolic OH excluding ortho intramolecular Hbond substituents is 1. The van der Waals surface area contributed by atoms with Crippen LogP contribution in [0.3, 0.4) is 0 Å². The molecule has 20 heavy (non-hydrogen) atoms. The zero-order valence-electron chi connectivity index (χ0n) is 12.1. The van der Waals surface area contributed by atoms with E-state index in [9.17, 15) is 5.11 Å². The Balaban J connectivity index is 0.00000361. The summed E-state index contributed by atoms with van der Waals surface area (Å²) in [5.74, 6) is 1.10. The largest absolute Gasteiger partial charge is 0.508 e. The quantitative estimate of drug-likeness (QED) is 0.286. The minimum atomic E-state index is 0. The molecule has 6 heteroatoms. The van der Waals surface area contributed by atoms with Gasteiger partial charge in [0.2, 0.25) is 0 Å². The van der Waals surface area contributed by atoms with Crippen molar-refractivity contribution in [1.82, 2.24) is 10.6 Å². The van der Waals surface area contributed by atoms with Gasteiger partial charge < -0.3 is 20.5 Å². The predicted molar refractivity (Wildman–Crippen MR) is 93.1 cm³/mol. The number of benzene rings is 1. The van der Waals surface area contributed by atoms with E-state index < -0.39 is 0 Å². The molecule has 5 nitrogen and oxygen atoms in total. The molecule has 0 aromatic heterocycles. The molecule has 0 radical (unpaired) electrons. The Morgan fingerprint density at radius 2 is 2.15 bits per heavy atom. The molecular formula is C14H24IN3O2. The molecule has 1 rings (SSSR count). The normalized spacial score (nSPS) is 10.8. The van der Waals surface area contributed by atoms with Crippen molar-refractivity contribution in [2.75, 3.05) is 33.4 Å². The van der Waals surface area contributed by atoms with Crippen LogP contribution in [-0.4, -0.2) is 44.4 Å². The third-order valence-electron chi connectivity index (χ3n) is 2.53. The number of hydrogen-bond acceptors (Lipinski definition) is 3. The average molecular weight is 393 g/mol. The number of guanidine groups is 1. The number of aliphatic imine (C=N–C) groups is 1. The minimum absolute atomic E-state index is 0. The van der Waals surface area contributed by atoms with Gasteiger partial charge in [0.25, 0.3) is 0 Å². The fourth-order valence-corrected chi connectivity index (χ4v) is 1.63. The number of aromatic hydroxyl groups is 1. The topological polar surface area (TPSA) is 65.9 Å². The summed E-state index contributed by atoms with van der Waals surface area (Å²) in [6.07, 6.45) is 0.836. The Labute approximate surface area is 137 Å². The molecule has 0 bridgehead atoms. The third-order valence-corrected chi connectivity index (χ3v) is 2.53. The molecule has 114 valence electrons. The lowest BCUT2D eigenvalue weighted by molar-refractivity contribution is 0.208. The molecule has 0 saturated carbocycles. The van der Waals surface area contributed by atoms with Crippen LogP contribution >= 0.6 is 24.0 Å². The second-order valence-corrected chi connectivity index (χ2v) is 4.10. The van der Waals surface area contributed by atoms with Crippen molar-refractivity contribution < 1.29 is 9.84 Å². The highest BCUT2D eigenvalue weighted by Crippen LogP contribution is 2.10. The van der Waals surface area contributed by atoms with E-state index in [4.69, 9.17) is 4.74 Å². The van der Waals surface area contributed by atoms with Gasteiger partial charge in [-0.05, 0) is 31.0 Å². The van der Waals surface area contributed by atoms with Crippen LogP contribution in [0.1, 0.15) is 12.5 Å². The van der Waals surface area contributed by atoms with E-state index in [1.807, 2.05) is 19.1 Å². The zero-order chi connectivity index (χ0) is 13.9. The Hall–Kier alpha value is -1.02. The maximum Gasteiger partial charge on any atom is 0.191 e. The summed E-state index contributed by atoms with van der Waals surface area (Å²) in [6.45, 7) is 4.87. The Morgan fingerprint density at radius 1 is 1.35 bits per heavy atom. The average Bonchev–Trinajstić information content (AvgIpc) is 2.39. The van der Waals surface area contributed by atoms with Crippen molar-refractivity contribution in [3.63, 3.8) is 0 Å². The standard InChI is InChI=1S/C14H23N3O2.HI/c1-3-15-14(17-9-10-19-2)16-8-7-12-5-4-6-13(18)11-12;/h4-6,11,18H,3,7-10H2,1-2H3,(H2,15,16,17);1H. The first-order valence-corrected chi connectivity index (χ1v) is 6.55. The number of hydrogen-bond donors (Lipinski definition) is 3. The summed E-state index contributed by atoms with van der Waals surface area (Å²) in [4.78, 5) is 4.37. The third kappa shape index (κ3) is 8.21. The number of rotatable bonds is 7. The molecule has 0 amide bonds. The molecule has 0 aliphatic carbocycles. The smallest absolute Gasteiger partial charge is 0.191 e. The lowest BCUT2D eigenvalue weighted by Crippen LogP contribution is -2.38. The number of halogens is 1. The number of nitrogens with zero attached hydrogens (tertiary/aromatic N) is 1. The van der Waals surface area contributed by atoms with E-state index in [2.05, 4.69) is 15.6 Å². The molecule has 0 aliphatic rings. The molecular weight excluding hydrogens is 369 g/mol. The SMILES string of the molecule is CCNC(=NCCOC)NCCc1cccc(O)c1.I. The Morgan fingerprint density at radius 3 is 2.80 bits per heavy atom. The van der Waals surface area contributed by atoms with Crippen molar-refractivity contribution >= 4 is 29.9 Å². The number of phenols is 1. The van der Waals surface area contributed by atoms with Crippen molar-refractivity contribution in [2.45, 2.75) is 13.3 Å². The van der Waals surface area contributed by atoms with E-state index in [0.29, 0.717) is 18.9 Å². The summed E-state index contributed by atoms with van der Waals surface area (Å²) < 4.78 is 4.97. The van der Waals surface area contributed by atoms with Crippen molar-refractivity contribution in [3.8, 4) is 5.75 Å². The van der Waals surface area contributed by atoms with Crippen LogP contribution in [0.25, 0.3) is 0 Å². The molecule has 0 saturated heterocycles. The summed E-state index contributed by atoms with van der Waals surface area (Å²) in [5, 5.41) is 15.8. The second kappa shape index (κ2) is 11.8. The van der Waals surface area contributed by atoms with Crippen LogP contribution < -0.4 is 10.6 Å². The van der Waals surface area contributed by atoms with Crippen molar-refractivity contribution in [2.24, 2.45) is 4.99 Å². The van der Waals surface area contributed by atoms with E-state index in [1.54, 1.807) is 19.2 Å². The molecule has 0 unspecified atom stereocenters. The first kappa shape index (κ1) is 19.0. The van der Waals surface area contributed by atoms with Crippen LogP contribution in [0, 0.1) is 0 Å². The van der Waals surface area contributed by atoms with E-state index >= 15 is 0 Å². The fraction of sp³-hybridized carbons (Fsp3) is 0.500. The highest BCUT2D eigenvalue weighted by molar-refractivity contribution is 14.0. The van der Waals surface area contributed by atoms with Gasteiger partial charge in [0.15, 0.2) is 5.96 Å². The van der Waals surface area contributed by atoms with Gasteiger partial charge in [-0.25, -0.2) is 0 Å². The van der Waals surface area contributed by atoms with Gasteiger partial charge in [-0.2, -0.15) is 0 Å². The lowest BCUT2D eigenvalue weighted by Gasteiger charge is -2.11. The van der Waals surface area contributed by atoms with Gasteiger partial charge in [-0.1, -0.05) is 12.1 Å². The highest BCUT2D eigenvalue weighted by atomic mass is 127. The van der Waals surface area contributed by atoms with Crippen LogP contribution in [-0.2, 0) is 11.2 Å². The Kier molecular flexibility index (Phi) is 11.2. The van der Waals surface area contributed by atoms with Crippen molar-refractivity contribution in [1.29, 1.82) is 0 Å². The molecule has 0 aliphatic heterocycles. The fourth-order valence-electron chi connectivity index (χ4n) is 1.63. The summed E-state index contributed by atoms with van der Waals surface area (Å²) in [5.41, 5.74) is 1.10. The highest BCUT2D eigenvalue weighted by Gasteiger charge is 1.98. The van der Waals surface area contributed by atoms with Crippen LogP contribution in [0.15, 0.2) is 29.3 Å². The van der Waals surface area contributed by atoms with Crippen LogP contribution in [0.2, 0.25) is 0 Å². The summed E-state index contributed by atoms with van der Waals surface area (Å²) in [6, 6.07) is 7.29. The van der Waals surface area contributed by atoms with Gasteiger partial charge >= 0.3 is 0 Å². The molecule has 0 spiro atoms. The van der Waals surface area contributed by atoms with E-state index in [-0.39, 0.29) is 24.0 Å². The first-order chi connectivity index (χ1) is 9.26. The van der Waals surface area contributed by atoms with E-state index in [0.717, 1.165) is 31.0 Å². The van der Waals surface area contributed by atoms with Gasteiger partial charge in [-0.15, -0.1) is 24.0 Å². The number of methoxy groups -OCH3 is 1. The van der Waals surface area contributed by atoms with E-state index in [1.165, 1.54) is 0 Å². The van der Waals surface area contributed by atoms with Gasteiger partial charge in [0.05, 0.1) is 13.2 Å². The zero-order valence-corrected chi connectivity index (χ0v) is 14.4. The van der Waals surface area contributed by atoms with Crippen molar-refractivity contribution in [3.05, 3.63) is 29.8 Å². The van der Waals surface area contributed by atoms with Gasteiger partial charge in [0, 0.05) is 20.2 Å².